The van der Waals surface area contributed by atoms with Gasteiger partial charge in [-0.15, -0.1) is 0 Å². The maximum Gasteiger partial charge on any atom is 0.422 e. The molecule has 0 bridgehead atoms. The van der Waals surface area contributed by atoms with Crippen LogP contribution in [0.5, 0.6) is 0 Å². The Bertz CT molecular complexity index is 443. The molecule has 9 heteroatoms. The van der Waals surface area contributed by atoms with Crippen LogP contribution in [0.15, 0.2) is 0 Å². The van der Waals surface area contributed by atoms with Crippen molar-refractivity contribution in [1.29, 1.82) is 0 Å². The van der Waals surface area contributed by atoms with E-state index in [2.05, 4.69) is 4.74 Å². The molecule has 0 radical (unpaired) electrons. The van der Waals surface area contributed by atoms with Crippen molar-refractivity contribution in [2.24, 2.45) is 0 Å². The van der Waals surface area contributed by atoms with E-state index in [-0.39, 0.29) is 6.54 Å². The van der Waals surface area contributed by atoms with Crippen LogP contribution >= 0.6 is 0 Å². The first-order valence-corrected chi connectivity index (χ1v) is 7.13. The fourth-order valence-corrected chi connectivity index (χ4v) is 2.76. The van der Waals surface area contributed by atoms with Crippen LogP contribution in [0.4, 0.5) is 4.79 Å². The Morgan fingerprint density at radius 1 is 1.37 bits per heavy atom. The summed E-state index contributed by atoms with van der Waals surface area (Å²) >= 11 is 0. The van der Waals surface area contributed by atoms with Crippen LogP contribution in [0.25, 0.3) is 0 Å². The molecule has 0 heterocycles. The molecular formula is C10H20N2O6S. The number of ether oxygens (including phenoxy) is 1. The Hall–Kier alpha value is -1.35. The summed E-state index contributed by atoms with van der Waals surface area (Å²) in [5, 5.41) is 9.04. The predicted octanol–water partition coefficient (Wildman–Crippen LogP) is 0.551. The molecule has 0 aromatic heterocycles. The van der Waals surface area contributed by atoms with E-state index in [1.807, 2.05) is 0 Å². The van der Waals surface area contributed by atoms with Crippen LogP contribution in [0.2, 0.25) is 0 Å². The van der Waals surface area contributed by atoms with E-state index in [9.17, 15) is 18.0 Å². The van der Waals surface area contributed by atoms with Crippen LogP contribution in [0, 0.1) is 0 Å². The summed E-state index contributed by atoms with van der Waals surface area (Å²) in [6.45, 7) is 6.94. The molecule has 0 atom stereocenters. The molecule has 0 aromatic carbocycles. The lowest BCUT2D eigenvalue weighted by Crippen LogP contribution is -2.57. The predicted molar refractivity (Wildman–Crippen MR) is 67.8 cm³/mol. The highest BCUT2D eigenvalue weighted by Gasteiger charge is 2.42. The topological polar surface area (TPSA) is 113 Å². The van der Waals surface area contributed by atoms with E-state index in [0.29, 0.717) is 4.31 Å². The number of hydrogen-bond acceptors (Lipinski definition) is 5. The van der Waals surface area contributed by atoms with Crippen molar-refractivity contribution in [2.75, 3.05) is 6.54 Å². The molecule has 0 fully saturated rings. The number of amides is 1. The van der Waals surface area contributed by atoms with Crippen LogP contribution in [0.1, 0.15) is 34.6 Å². The van der Waals surface area contributed by atoms with Crippen LogP contribution < -0.4 is 4.72 Å². The second-order valence-electron chi connectivity index (χ2n) is 4.59. The average Bonchev–Trinajstić information content (AvgIpc) is 2.13. The second-order valence-corrected chi connectivity index (χ2v) is 6.19. The van der Waals surface area contributed by atoms with Gasteiger partial charge in [-0.3, -0.25) is 4.79 Å². The van der Waals surface area contributed by atoms with Gasteiger partial charge in [0.1, 0.15) is 5.54 Å². The fraction of sp³-hybridized carbons (Fsp3) is 0.800. The van der Waals surface area contributed by atoms with Crippen LogP contribution in [-0.4, -0.2) is 48.1 Å². The third-order valence-corrected chi connectivity index (χ3v) is 4.00. The molecule has 112 valence electrons. The summed E-state index contributed by atoms with van der Waals surface area (Å²) in [6, 6.07) is 0. The van der Waals surface area contributed by atoms with E-state index in [4.69, 9.17) is 5.11 Å². The normalized spacial score (nSPS) is 12.6. The van der Waals surface area contributed by atoms with E-state index in [0.717, 1.165) is 0 Å². The zero-order valence-corrected chi connectivity index (χ0v) is 12.4. The first-order chi connectivity index (χ1) is 8.45. The van der Waals surface area contributed by atoms with Gasteiger partial charge in [0.2, 0.25) is 0 Å². The minimum absolute atomic E-state index is 0.108. The van der Waals surface area contributed by atoms with E-state index in [1.165, 1.54) is 20.8 Å². The number of aliphatic carboxylic acids is 1. The Morgan fingerprint density at radius 2 is 1.84 bits per heavy atom. The van der Waals surface area contributed by atoms with Gasteiger partial charge in [-0.25, -0.2) is 9.52 Å². The number of carbonyl (C=O) groups excluding carboxylic acids is 1. The Balaban J connectivity index is 5.17. The highest BCUT2D eigenvalue weighted by atomic mass is 32.2. The summed E-state index contributed by atoms with van der Waals surface area (Å²) in [5.74, 6) is -1.32. The van der Waals surface area contributed by atoms with Gasteiger partial charge in [-0.05, 0) is 27.7 Å². The summed E-state index contributed by atoms with van der Waals surface area (Å²) in [4.78, 5) is 22.4. The Morgan fingerprint density at radius 3 is 2.16 bits per heavy atom. The number of carboxylic acid groups (broad SMARTS) is 1. The number of likely N-dealkylation sites (N-methyl/N-ethyl adjacent to an activating group) is 1. The number of nitrogens with one attached hydrogen (secondary N) is 1. The SMILES string of the molecule is CCN(C(C)(C)C(=O)O)S(=O)(=O)NC(=O)OC(C)C. The summed E-state index contributed by atoms with van der Waals surface area (Å²) < 4.78 is 30.9. The largest absolute Gasteiger partial charge is 0.480 e. The quantitative estimate of drug-likeness (QED) is 0.740. The molecule has 0 aliphatic heterocycles. The molecule has 0 aromatic rings. The van der Waals surface area contributed by atoms with Crippen molar-refractivity contribution in [3.8, 4) is 0 Å². The summed E-state index contributed by atoms with van der Waals surface area (Å²) in [5.41, 5.74) is -1.68. The minimum Gasteiger partial charge on any atom is -0.480 e. The van der Waals surface area contributed by atoms with Gasteiger partial charge in [0, 0.05) is 6.54 Å². The molecular weight excluding hydrogens is 276 g/mol. The molecule has 2 N–H and O–H groups in total. The lowest BCUT2D eigenvalue weighted by Gasteiger charge is -2.32. The molecule has 0 aliphatic rings. The van der Waals surface area contributed by atoms with Crippen molar-refractivity contribution >= 4 is 22.3 Å². The smallest absolute Gasteiger partial charge is 0.422 e. The zero-order chi connectivity index (χ0) is 15.4. The third kappa shape index (κ3) is 4.67. The molecule has 0 aliphatic carbocycles. The standard InChI is InChI=1S/C10H20N2O6S/c1-6-12(10(4,5)8(13)14)19(16,17)11-9(15)18-7(2)3/h7H,6H2,1-5H3,(H,11,15)(H,13,14). The maximum atomic E-state index is 12.0. The number of hydrogen-bond donors (Lipinski definition) is 2. The summed E-state index contributed by atoms with van der Waals surface area (Å²) in [6.07, 6.45) is -1.63. The molecule has 0 rings (SSSR count). The summed E-state index contributed by atoms with van der Waals surface area (Å²) in [7, 11) is -4.29. The monoisotopic (exact) mass is 296 g/mol. The average molecular weight is 296 g/mol. The van der Waals surface area contributed by atoms with Gasteiger partial charge in [0.05, 0.1) is 6.10 Å². The molecule has 1 amide bonds. The van der Waals surface area contributed by atoms with Crippen molar-refractivity contribution < 1.29 is 27.9 Å². The molecule has 8 nitrogen and oxygen atoms in total. The fourth-order valence-electron chi connectivity index (χ4n) is 1.37. The van der Waals surface area contributed by atoms with E-state index < -0.39 is 33.9 Å². The first-order valence-electron chi connectivity index (χ1n) is 5.69. The molecule has 0 saturated heterocycles. The van der Waals surface area contributed by atoms with Crippen LogP contribution in [-0.2, 0) is 19.7 Å². The molecule has 0 unspecified atom stereocenters. The van der Waals surface area contributed by atoms with Crippen molar-refractivity contribution in [3.05, 3.63) is 0 Å². The van der Waals surface area contributed by atoms with Gasteiger partial charge in [-0.2, -0.15) is 12.7 Å². The van der Waals surface area contributed by atoms with Gasteiger partial charge in [0.15, 0.2) is 0 Å². The van der Waals surface area contributed by atoms with Gasteiger partial charge >= 0.3 is 22.3 Å². The van der Waals surface area contributed by atoms with Crippen molar-refractivity contribution in [3.63, 3.8) is 0 Å². The number of rotatable bonds is 6. The first kappa shape index (κ1) is 17.6. The second kappa shape index (κ2) is 6.20. The highest BCUT2D eigenvalue weighted by molar-refractivity contribution is 7.87. The molecule has 0 saturated carbocycles. The molecule has 19 heavy (non-hydrogen) atoms. The van der Waals surface area contributed by atoms with Gasteiger partial charge in [-0.1, -0.05) is 6.92 Å². The van der Waals surface area contributed by atoms with E-state index in [1.54, 1.807) is 18.6 Å². The van der Waals surface area contributed by atoms with E-state index >= 15 is 0 Å². The zero-order valence-electron chi connectivity index (χ0n) is 11.6. The number of nitrogens with zero attached hydrogens (tertiary/aromatic N) is 1. The van der Waals surface area contributed by atoms with Crippen molar-refractivity contribution in [1.82, 2.24) is 9.03 Å². The number of carboxylic acids is 1. The minimum atomic E-state index is -4.29. The lowest BCUT2D eigenvalue weighted by molar-refractivity contribution is -0.146. The van der Waals surface area contributed by atoms with Crippen molar-refractivity contribution in [2.45, 2.75) is 46.3 Å². The van der Waals surface area contributed by atoms with Crippen LogP contribution in [0.3, 0.4) is 0 Å². The maximum absolute atomic E-state index is 12.0. The lowest BCUT2D eigenvalue weighted by atomic mass is 10.1. The Kier molecular flexibility index (Phi) is 5.76. The van der Waals surface area contributed by atoms with Gasteiger partial charge < -0.3 is 9.84 Å². The Labute approximate surface area is 112 Å². The number of carbonyl (C=O) groups is 2. The highest BCUT2D eigenvalue weighted by Crippen LogP contribution is 2.18. The third-order valence-electron chi connectivity index (χ3n) is 2.28. The van der Waals surface area contributed by atoms with Gasteiger partial charge in [0.25, 0.3) is 0 Å². The molecule has 0 spiro atoms.